The third kappa shape index (κ3) is 3.52. The molecule has 0 saturated carbocycles. The number of fused-ring (bicyclic) bond motifs is 4. The van der Waals surface area contributed by atoms with Crippen LogP contribution in [0.15, 0.2) is 134 Å². The molecule has 8 aromatic rings. The first-order valence-corrected chi connectivity index (χ1v) is 13.3. The zero-order chi connectivity index (χ0) is 26.5. The SMILES string of the molecule is c1ccc(-c2nnc(-c3ccc(-c4cccc5c4[nH]c4ccccc45)cc3)n2-c2cccc3cccnc23)cc1. The maximum Gasteiger partial charge on any atom is 0.168 e. The van der Waals surface area contributed by atoms with Crippen LogP contribution in [-0.4, -0.2) is 24.7 Å². The largest absolute Gasteiger partial charge is 0.354 e. The lowest BCUT2D eigenvalue weighted by Gasteiger charge is -2.13. The number of para-hydroxylation sites is 3. The number of nitrogens with zero attached hydrogens (tertiary/aromatic N) is 4. The molecule has 0 aliphatic rings. The summed E-state index contributed by atoms with van der Waals surface area (Å²) in [4.78, 5) is 8.35. The Morgan fingerprint density at radius 2 is 1.20 bits per heavy atom. The second-order valence-electron chi connectivity index (χ2n) is 9.88. The van der Waals surface area contributed by atoms with Crippen molar-refractivity contribution in [1.29, 1.82) is 0 Å². The van der Waals surface area contributed by atoms with Crippen molar-refractivity contribution in [2.45, 2.75) is 0 Å². The molecular formula is C35H23N5. The second kappa shape index (κ2) is 9.03. The van der Waals surface area contributed by atoms with Crippen molar-refractivity contribution in [3.05, 3.63) is 134 Å². The van der Waals surface area contributed by atoms with E-state index in [1.165, 1.54) is 16.3 Å². The second-order valence-corrected chi connectivity index (χ2v) is 9.88. The first-order chi connectivity index (χ1) is 19.8. The highest BCUT2D eigenvalue weighted by atomic mass is 15.3. The molecule has 40 heavy (non-hydrogen) atoms. The molecule has 0 spiro atoms. The van der Waals surface area contributed by atoms with Crippen molar-refractivity contribution in [2.75, 3.05) is 0 Å². The predicted octanol–water partition coefficient (Wildman–Crippen LogP) is 8.45. The molecule has 0 unspecified atom stereocenters. The van der Waals surface area contributed by atoms with Gasteiger partial charge in [0.2, 0.25) is 0 Å². The fourth-order valence-corrected chi connectivity index (χ4v) is 5.65. The standard InChI is InChI=1S/C35H23N5/c1-2-9-25(10-3-1)34-38-39-35(40(34)31-17-6-11-24-12-8-22-36-32(24)31)26-20-18-23(19-21-26)27-14-7-15-29-28-13-4-5-16-30(28)37-33(27)29/h1-22,37H. The number of aromatic nitrogens is 5. The number of nitrogens with one attached hydrogen (secondary N) is 1. The average molecular weight is 514 g/mol. The Balaban J connectivity index is 1.29. The van der Waals surface area contributed by atoms with Crippen molar-refractivity contribution in [1.82, 2.24) is 24.7 Å². The van der Waals surface area contributed by atoms with Crippen molar-refractivity contribution in [3.8, 4) is 39.6 Å². The Morgan fingerprint density at radius 1 is 0.525 bits per heavy atom. The van der Waals surface area contributed by atoms with Crippen LogP contribution in [0.25, 0.3) is 72.3 Å². The molecule has 0 radical (unpaired) electrons. The fourth-order valence-electron chi connectivity index (χ4n) is 5.65. The first kappa shape index (κ1) is 22.4. The molecule has 0 amide bonds. The van der Waals surface area contributed by atoms with Gasteiger partial charge in [-0.15, -0.1) is 10.2 Å². The molecule has 3 heterocycles. The highest BCUT2D eigenvalue weighted by molar-refractivity contribution is 6.11. The molecule has 1 N–H and O–H groups in total. The molecule has 0 saturated heterocycles. The Morgan fingerprint density at radius 3 is 2.05 bits per heavy atom. The van der Waals surface area contributed by atoms with Crippen LogP contribution in [0.1, 0.15) is 0 Å². The third-order valence-electron chi connectivity index (χ3n) is 7.54. The number of pyridine rings is 1. The van der Waals surface area contributed by atoms with Gasteiger partial charge in [0.1, 0.15) is 0 Å². The average Bonchev–Trinajstić information content (AvgIpc) is 3.64. The van der Waals surface area contributed by atoms with E-state index in [1.54, 1.807) is 0 Å². The Hall–Kier alpha value is -5.55. The highest BCUT2D eigenvalue weighted by Crippen LogP contribution is 2.35. The van der Waals surface area contributed by atoms with E-state index in [9.17, 15) is 0 Å². The highest BCUT2D eigenvalue weighted by Gasteiger charge is 2.19. The Kier molecular flexibility index (Phi) is 5.07. The smallest absolute Gasteiger partial charge is 0.168 e. The van der Waals surface area contributed by atoms with Crippen LogP contribution < -0.4 is 0 Å². The lowest BCUT2D eigenvalue weighted by molar-refractivity contribution is 1.08. The van der Waals surface area contributed by atoms with E-state index < -0.39 is 0 Å². The maximum absolute atomic E-state index is 4.73. The summed E-state index contributed by atoms with van der Waals surface area (Å²) in [5.41, 5.74) is 8.44. The molecule has 0 bridgehead atoms. The lowest BCUT2D eigenvalue weighted by Crippen LogP contribution is -2.02. The van der Waals surface area contributed by atoms with Crippen LogP contribution in [0.5, 0.6) is 0 Å². The van der Waals surface area contributed by atoms with Gasteiger partial charge >= 0.3 is 0 Å². The molecule has 8 rings (SSSR count). The van der Waals surface area contributed by atoms with Gasteiger partial charge in [0.05, 0.1) is 16.7 Å². The monoisotopic (exact) mass is 513 g/mol. The zero-order valence-corrected chi connectivity index (χ0v) is 21.5. The quantitative estimate of drug-likeness (QED) is 0.257. The number of benzene rings is 5. The number of aromatic amines is 1. The summed E-state index contributed by atoms with van der Waals surface area (Å²) in [6, 6.07) is 44.0. The molecular weight excluding hydrogens is 490 g/mol. The van der Waals surface area contributed by atoms with Crippen LogP contribution >= 0.6 is 0 Å². The van der Waals surface area contributed by atoms with Crippen LogP contribution in [0.3, 0.4) is 0 Å². The zero-order valence-electron chi connectivity index (χ0n) is 21.5. The molecule has 5 heteroatoms. The van der Waals surface area contributed by atoms with Crippen LogP contribution in [0.2, 0.25) is 0 Å². The van der Waals surface area contributed by atoms with Crippen LogP contribution in [0, 0.1) is 0 Å². The van der Waals surface area contributed by atoms with E-state index in [-0.39, 0.29) is 0 Å². The van der Waals surface area contributed by atoms with E-state index in [2.05, 4.69) is 118 Å². The normalized spacial score (nSPS) is 11.5. The van der Waals surface area contributed by atoms with E-state index in [0.717, 1.165) is 56.0 Å². The minimum Gasteiger partial charge on any atom is -0.354 e. The van der Waals surface area contributed by atoms with Gasteiger partial charge in [-0.2, -0.15) is 0 Å². The lowest BCUT2D eigenvalue weighted by atomic mass is 10.0. The van der Waals surface area contributed by atoms with Gasteiger partial charge in [-0.1, -0.05) is 109 Å². The molecule has 188 valence electrons. The van der Waals surface area contributed by atoms with Crippen molar-refractivity contribution >= 4 is 32.7 Å². The predicted molar refractivity (Wildman–Crippen MR) is 162 cm³/mol. The van der Waals surface area contributed by atoms with E-state index in [0.29, 0.717) is 0 Å². The molecule has 0 fully saturated rings. The molecule has 0 aliphatic heterocycles. The summed E-state index contributed by atoms with van der Waals surface area (Å²) in [7, 11) is 0. The summed E-state index contributed by atoms with van der Waals surface area (Å²) in [5.74, 6) is 1.55. The molecule has 0 aliphatic carbocycles. The van der Waals surface area contributed by atoms with E-state index in [4.69, 9.17) is 10.1 Å². The van der Waals surface area contributed by atoms with Gasteiger partial charge in [0, 0.05) is 44.6 Å². The summed E-state index contributed by atoms with van der Waals surface area (Å²) in [6.45, 7) is 0. The molecule has 3 aromatic heterocycles. The van der Waals surface area contributed by atoms with Gasteiger partial charge < -0.3 is 4.98 Å². The van der Waals surface area contributed by atoms with Gasteiger partial charge in [0.15, 0.2) is 11.6 Å². The summed E-state index contributed by atoms with van der Waals surface area (Å²) >= 11 is 0. The maximum atomic E-state index is 4.73. The van der Waals surface area contributed by atoms with E-state index >= 15 is 0 Å². The molecule has 0 atom stereocenters. The van der Waals surface area contributed by atoms with Crippen molar-refractivity contribution < 1.29 is 0 Å². The Bertz CT molecular complexity index is 2150. The molecule has 5 nitrogen and oxygen atoms in total. The van der Waals surface area contributed by atoms with Crippen LogP contribution in [-0.2, 0) is 0 Å². The number of hydrogen-bond acceptors (Lipinski definition) is 3. The summed E-state index contributed by atoms with van der Waals surface area (Å²) in [6.07, 6.45) is 1.83. The van der Waals surface area contributed by atoms with Crippen molar-refractivity contribution in [2.24, 2.45) is 0 Å². The topological polar surface area (TPSA) is 59.4 Å². The molecule has 5 aromatic carbocycles. The summed E-state index contributed by atoms with van der Waals surface area (Å²) < 4.78 is 2.12. The minimum atomic E-state index is 0.771. The van der Waals surface area contributed by atoms with Gasteiger partial charge in [-0.25, -0.2) is 0 Å². The third-order valence-corrected chi connectivity index (χ3v) is 7.54. The van der Waals surface area contributed by atoms with Gasteiger partial charge in [-0.3, -0.25) is 9.55 Å². The number of rotatable bonds is 4. The van der Waals surface area contributed by atoms with Gasteiger partial charge in [-0.05, 0) is 23.8 Å². The van der Waals surface area contributed by atoms with E-state index in [1.807, 2.05) is 30.5 Å². The minimum absolute atomic E-state index is 0.771. The van der Waals surface area contributed by atoms with Crippen molar-refractivity contribution in [3.63, 3.8) is 0 Å². The van der Waals surface area contributed by atoms with Gasteiger partial charge in [0.25, 0.3) is 0 Å². The Labute approximate surface area is 230 Å². The summed E-state index contributed by atoms with van der Waals surface area (Å²) in [5, 5.41) is 12.9. The first-order valence-electron chi connectivity index (χ1n) is 13.3. The number of hydrogen-bond donors (Lipinski definition) is 1. The van der Waals surface area contributed by atoms with Crippen LogP contribution in [0.4, 0.5) is 0 Å². The fraction of sp³-hybridized carbons (Fsp3) is 0. The number of H-pyrrole nitrogens is 1.